The van der Waals surface area contributed by atoms with Gasteiger partial charge in [-0.3, -0.25) is 0 Å². The van der Waals surface area contributed by atoms with E-state index in [9.17, 15) is 8.42 Å². The lowest BCUT2D eigenvalue weighted by Crippen LogP contribution is -2.37. The smallest absolute Gasteiger partial charge is 0.207 e. The minimum absolute atomic E-state index is 0.306. The largest absolute Gasteiger partial charge is 0.244 e. The lowest BCUT2D eigenvalue weighted by Gasteiger charge is -2.30. The fraction of sp³-hybridized carbons (Fsp3) is 0.143. The predicted octanol–water partition coefficient (Wildman–Crippen LogP) is 5.78. The zero-order valence-electron chi connectivity index (χ0n) is 17.8. The van der Waals surface area contributed by atoms with E-state index < -0.39 is 15.4 Å². The fourth-order valence-electron chi connectivity index (χ4n) is 5.02. The van der Waals surface area contributed by atoms with Crippen molar-refractivity contribution in [1.82, 2.24) is 4.31 Å². The number of fused-ring (bicyclic) bond motifs is 1. The average molecular weight is 440 g/mol. The van der Waals surface area contributed by atoms with E-state index in [1.807, 2.05) is 72.8 Å². The molecule has 0 aliphatic carbocycles. The molecule has 3 nitrogen and oxygen atoms in total. The molecule has 160 valence electrons. The molecule has 0 N–H and O–H groups in total. The Labute approximate surface area is 189 Å². The van der Waals surface area contributed by atoms with E-state index in [1.54, 1.807) is 16.4 Å². The molecule has 0 radical (unpaired) electrons. The van der Waals surface area contributed by atoms with Crippen LogP contribution in [0.2, 0.25) is 0 Å². The lowest BCUT2D eigenvalue weighted by molar-refractivity contribution is 0.423. The normalized spacial score (nSPS) is 18.6. The van der Waals surface area contributed by atoms with Crippen LogP contribution in [-0.4, -0.2) is 25.3 Å². The second-order valence-corrected chi connectivity index (χ2v) is 10.2. The van der Waals surface area contributed by atoms with Crippen LogP contribution in [-0.2, 0) is 15.4 Å². The molecule has 4 aromatic carbocycles. The van der Waals surface area contributed by atoms with Gasteiger partial charge in [0, 0.05) is 23.4 Å². The van der Waals surface area contributed by atoms with Crippen LogP contribution in [0.1, 0.15) is 17.5 Å². The van der Waals surface area contributed by atoms with E-state index in [-0.39, 0.29) is 6.04 Å². The third-order valence-corrected chi connectivity index (χ3v) is 8.54. The van der Waals surface area contributed by atoms with Crippen molar-refractivity contribution in [1.29, 1.82) is 0 Å². The zero-order valence-corrected chi connectivity index (χ0v) is 18.6. The van der Waals surface area contributed by atoms with Crippen LogP contribution in [0, 0.1) is 0 Å². The quantitative estimate of drug-likeness (QED) is 0.370. The Kier molecular flexibility index (Phi) is 5.20. The molecule has 1 fully saturated rings. The Morgan fingerprint density at radius 2 is 1.34 bits per heavy atom. The molecule has 0 aromatic heterocycles. The van der Waals surface area contributed by atoms with Gasteiger partial charge in [-0.25, -0.2) is 8.42 Å². The summed E-state index contributed by atoms with van der Waals surface area (Å²) < 4.78 is 29.7. The van der Waals surface area contributed by atoms with Crippen LogP contribution < -0.4 is 0 Å². The Balaban J connectivity index is 1.68. The molecule has 1 heterocycles. The highest BCUT2D eigenvalue weighted by Gasteiger charge is 2.49. The number of sulfonamides is 1. The second-order valence-electron chi connectivity index (χ2n) is 8.35. The molecule has 1 saturated heterocycles. The van der Waals surface area contributed by atoms with Crippen molar-refractivity contribution >= 4 is 20.8 Å². The highest BCUT2D eigenvalue weighted by atomic mass is 32.2. The van der Waals surface area contributed by atoms with E-state index in [1.165, 1.54) is 0 Å². The van der Waals surface area contributed by atoms with Gasteiger partial charge in [0.2, 0.25) is 10.0 Å². The van der Waals surface area contributed by atoms with Gasteiger partial charge in [-0.1, -0.05) is 103 Å². The summed E-state index contributed by atoms with van der Waals surface area (Å²) in [5, 5.41) is 1.66. The van der Waals surface area contributed by atoms with Gasteiger partial charge in [0.05, 0.1) is 4.90 Å². The van der Waals surface area contributed by atoms with Gasteiger partial charge >= 0.3 is 0 Å². The number of rotatable bonds is 5. The van der Waals surface area contributed by atoms with Crippen molar-refractivity contribution in [3.8, 4) is 0 Å². The van der Waals surface area contributed by atoms with Gasteiger partial charge in [-0.2, -0.15) is 4.31 Å². The molecule has 1 aliphatic rings. The number of nitrogens with zero attached hydrogens (tertiary/aromatic N) is 1. The maximum absolute atomic E-state index is 14.0. The highest BCUT2D eigenvalue weighted by molar-refractivity contribution is 7.89. The van der Waals surface area contributed by atoms with Gasteiger partial charge in [-0.15, -0.1) is 6.58 Å². The molecule has 1 atom stereocenters. The van der Waals surface area contributed by atoms with E-state index >= 15 is 0 Å². The zero-order chi connectivity index (χ0) is 22.2. The molecule has 5 rings (SSSR count). The number of benzene rings is 4. The van der Waals surface area contributed by atoms with Gasteiger partial charge in [0.1, 0.15) is 0 Å². The summed E-state index contributed by atoms with van der Waals surface area (Å²) in [7, 11) is -3.75. The molecule has 0 amide bonds. The lowest BCUT2D eigenvalue weighted by atomic mass is 9.73. The molecule has 4 heteroatoms. The third kappa shape index (κ3) is 3.27. The van der Waals surface area contributed by atoms with Crippen LogP contribution in [0.3, 0.4) is 0 Å². The summed E-state index contributed by atoms with van der Waals surface area (Å²) in [6.45, 7) is 4.37. The minimum Gasteiger partial charge on any atom is -0.207 e. The first-order valence-electron chi connectivity index (χ1n) is 10.8. The molecular weight excluding hydrogens is 414 g/mol. The maximum Gasteiger partial charge on any atom is 0.244 e. The number of hydrogen-bond acceptors (Lipinski definition) is 2. The van der Waals surface area contributed by atoms with Crippen molar-refractivity contribution in [2.45, 2.75) is 22.8 Å². The van der Waals surface area contributed by atoms with Crippen LogP contribution in [0.15, 0.2) is 121 Å². The fourth-order valence-corrected chi connectivity index (χ4v) is 6.89. The Morgan fingerprint density at radius 1 is 0.781 bits per heavy atom. The van der Waals surface area contributed by atoms with Crippen LogP contribution in [0.4, 0.5) is 0 Å². The Hall–Kier alpha value is -3.21. The van der Waals surface area contributed by atoms with Gasteiger partial charge < -0.3 is 0 Å². The monoisotopic (exact) mass is 439 g/mol. The molecule has 0 saturated carbocycles. The standard InChI is InChI=1S/C28H25NO2S/c1-2-25-20-28(23-14-5-3-6-15-23,24-16-7-4-8-17-24)21-29(25)32(30,31)27-19-11-13-22-12-9-10-18-26(22)27/h2-19,25H,1,20-21H2. The number of hydrogen-bond donors (Lipinski definition) is 0. The van der Waals surface area contributed by atoms with Crippen LogP contribution in [0.25, 0.3) is 10.8 Å². The SMILES string of the molecule is C=CC1CC(c2ccccc2)(c2ccccc2)CN1S(=O)(=O)c1cccc2ccccc12. The summed E-state index contributed by atoms with van der Waals surface area (Å²) in [5.74, 6) is 0. The summed E-state index contributed by atoms with van der Waals surface area (Å²) in [4.78, 5) is 0.347. The first-order valence-corrected chi connectivity index (χ1v) is 12.2. The van der Waals surface area contributed by atoms with Crippen molar-refractivity contribution in [3.63, 3.8) is 0 Å². The van der Waals surface area contributed by atoms with Gasteiger partial charge in [-0.05, 0) is 29.0 Å². The van der Waals surface area contributed by atoms with E-state index in [0.717, 1.165) is 21.9 Å². The van der Waals surface area contributed by atoms with Crippen LogP contribution in [0.5, 0.6) is 0 Å². The summed E-state index contributed by atoms with van der Waals surface area (Å²) >= 11 is 0. The average Bonchev–Trinajstić information content (AvgIpc) is 3.27. The third-order valence-electron chi connectivity index (χ3n) is 6.61. The van der Waals surface area contributed by atoms with E-state index in [4.69, 9.17) is 0 Å². The molecule has 0 bridgehead atoms. The predicted molar refractivity (Wildman–Crippen MR) is 130 cm³/mol. The topological polar surface area (TPSA) is 37.4 Å². The highest BCUT2D eigenvalue weighted by Crippen LogP contribution is 2.46. The summed E-state index contributed by atoms with van der Waals surface area (Å²) in [6.07, 6.45) is 2.42. The summed E-state index contributed by atoms with van der Waals surface area (Å²) in [5.41, 5.74) is 1.79. The van der Waals surface area contributed by atoms with Crippen molar-refractivity contribution < 1.29 is 8.42 Å². The molecule has 1 unspecified atom stereocenters. The van der Waals surface area contributed by atoms with Crippen molar-refractivity contribution in [2.24, 2.45) is 0 Å². The van der Waals surface area contributed by atoms with E-state index in [2.05, 4.69) is 30.8 Å². The van der Waals surface area contributed by atoms with Gasteiger partial charge in [0.15, 0.2) is 0 Å². The Bertz CT molecular complexity index is 1320. The molecule has 1 aliphatic heterocycles. The Morgan fingerprint density at radius 3 is 1.97 bits per heavy atom. The summed E-state index contributed by atoms with van der Waals surface area (Å²) in [6, 6.07) is 33.3. The van der Waals surface area contributed by atoms with Gasteiger partial charge in [0.25, 0.3) is 0 Å². The molecular formula is C28H25NO2S. The minimum atomic E-state index is -3.75. The first kappa shape index (κ1) is 20.7. The maximum atomic E-state index is 14.0. The van der Waals surface area contributed by atoms with Crippen LogP contribution >= 0.6 is 0 Å². The van der Waals surface area contributed by atoms with E-state index in [0.29, 0.717) is 17.9 Å². The van der Waals surface area contributed by atoms with Crippen molar-refractivity contribution in [3.05, 3.63) is 127 Å². The molecule has 32 heavy (non-hydrogen) atoms. The molecule has 4 aromatic rings. The molecule has 0 spiro atoms. The first-order chi connectivity index (χ1) is 15.6. The second kappa shape index (κ2) is 8.05. The van der Waals surface area contributed by atoms with Crippen molar-refractivity contribution in [2.75, 3.05) is 6.54 Å².